The number of aryl methyl sites for hydroxylation is 1. The predicted molar refractivity (Wildman–Crippen MR) is 122 cm³/mol. The molecule has 11 heteroatoms. The largest absolute Gasteiger partial charge is 0.488 e. The second-order valence-corrected chi connectivity index (χ2v) is 8.14. The van der Waals surface area contributed by atoms with Gasteiger partial charge in [-0.25, -0.2) is 8.78 Å². The molecule has 1 aliphatic rings. The van der Waals surface area contributed by atoms with E-state index in [9.17, 15) is 23.5 Å². The smallest absolute Gasteiger partial charge is 0.257 e. The van der Waals surface area contributed by atoms with Crippen LogP contribution in [0.2, 0.25) is 0 Å². The molecule has 4 rings (SSSR count). The van der Waals surface area contributed by atoms with Crippen LogP contribution in [0.5, 0.6) is 17.2 Å². The molecule has 0 unspecified atom stereocenters. The van der Waals surface area contributed by atoms with Crippen molar-refractivity contribution in [3.05, 3.63) is 65.4 Å². The zero-order chi connectivity index (χ0) is 25.1. The molecule has 1 aliphatic heterocycles. The average molecular weight is 486 g/mol. The number of carbonyl (C=O) groups is 2. The number of halogens is 2. The molecular weight excluding hydrogens is 462 g/mol. The van der Waals surface area contributed by atoms with Crippen LogP contribution < -0.4 is 14.8 Å². The highest BCUT2D eigenvalue weighted by Gasteiger charge is 2.26. The van der Waals surface area contributed by atoms with E-state index in [2.05, 4.69) is 10.4 Å². The van der Waals surface area contributed by atoms with Crippen molar-refractivity contribution in [1.29, 1.82) is 0 Å². The fourth-order valence-corrected chi connectivity index (χ4v) is 3.36. The first-order valence-corrected chi connectivity index (χ1v) is 10.9. The second kappa shape index (κ2) is 10.1. The Kier molecular flexibility index (Phi) is 6.97. The zero-order valence-electron chi connectivity index (χ0n) is 19.1. The maximum atomic E-state index is 14.8. The number of nitrogens with one attached hydrogen (secondary N) is 1. The molecule has 1 atom stereocenters. The SMILES string of the molecule is C[C@@H](CO)Oc1cc(Oc2cc(F)c(C(=O)N3CCC3)cc2F)cc(C(=O)Nc2ccn(C)n2)c1. The van der Waals surface area contributed by atoms with E-state index in [1.165, 1.54) is 27.8 Å². The first kappa shape index (κ1) is 24.1. The van der Waals surface area contributed by atoms with Crippen LogP contribution in [-0.2, 0) is 7.05 Å². The number of anilines is 1. The zero-order valence-corrected chi connectivity index (χ0v) is 19.1. The summed E-state index contributed by atoms with van der Waals surface area (Å²) >= 11 is 0. The standard InChI is InChI=1S/C24H24F2N4O5/c1-14(13-31)34-16-8-15(23(32)27-22-4-7-29(2)28-22)9-17(10-16)35-21-12-19(25)18(11-20(21)26)24(33)30-5-3-6-30/h4,7-12,14,31H,3,5-6,13H2,1-2H3,(H,27,28,32)/t14-/m0/s1. The Morgan fingerprint density at radius 3 is 2.51 bits per heavy atom. The number of hydrogen-bond acceptors (Lipinski definition) is 6. The fourth-order valence-electron chi connectivity index (χ4n) is 3.36. The summed E-state index contributed by atoms with van der Waals surface area (Å²) in [5.41, 5.74) is -0.280. The topological polar surface area (TPSA) is 106 Å². The Morgan fingerprint density at radius 1 is 1.14 bits per heavy atom. The Morgan fingerprint density at radius 2 is 1.89 bits per heavy atom. The van der Waals surface area contributed by atoms with Gasteiger partial charge in [0.05, 0.1) is 12.2 Å². The Hall–Kier alpha value is -3.99. The van der Waals surface area contributed by atoms with Crippen molar-refractivity contribution in [3.63, 3.8) is 0 Å². The number of ether oxygens (including phenoxy) is 2. The van der Waals surface area contributed by atoms with Crippen molar-refractivity contribution in [1.82, 2.24) is 14.7 Å². The molecule has 1 saturated heterocycles. The van der Waals surface area contributed by atoms with Crippen LogP contribution in [0.15, 0.2) is 42.6 Å². The summed E-state index contributed by atoms with van der Waals surface area (Å²) in [7, 11) is 1.70. The number of hydrogen-bond donors (Lipinski definition) is 2. The lowest BCUT2D eigenvalue weighted by Crippen LogP contribution is -2.42. The molecule has 2 heterocycles. The van der Waals surface area contributed by atoms with E-state index < -0.39 is 35.3 Å². The van der Waals surface area contributed by atoms with Crippen LogP contribution >= 0.6 is 0 Å². The van der Waals surface area contributed by atoms with E-state index in [4.69, 9.17) is 9.47 Å². The van der Waals surface area contributed by atoms with Crippen molar-refractivity contribution in [2.75, 3.05) is 25.0 Å². The normalized spacial score (nSPS) is 13.7. The lowest BCUT2D eigenvalue weighted by atomic mass is 10.1. The Balaban J connectivity index is 1.62. The quantitative estimate of drug-likeness (QED) is 0.506. The molecule has 2 amide bonds. The Bertz CT molecular complexity index is 1260. The highest BCUT2D eigenvalue weighted by Crippen LogP contribution is 2.32. The number of amides is 2. The molecule has 0 aliphatic carbocycles. The third-order valence-electron chi connectivity index (χ3n) is 5.31. The molecule has 2 N–H and O–H groups in total. The van der Waals surface area contributed by atoms with Crippen molar-refractivity contribution < 1.29 is 33.0 Å². The summed E-state index contributed by atoms with van der Waals surface area (Å²) in [6.45, 7) is 2.33. The van der Waals surface area contributed by atoms with Crippen LogP contribution in [0.4, 0.5) is 14.6 Å². The van der Waals surface area contributed by atoms with E-state index in [1.54, 1.807) is 26.2 Å². The van der Waals surface area contributed by atoms with Crippen LogP contribution in [0.25, 0.3) is 0 Å². The van der Waals surface area contributed by atoms with Crippen molar-refractivity contribution in [2.24, 2.45) is 7.05 Å². The van der Waals surface area contributed by atoms with Crippen molar-refractivity contribution in [3.8, 4) is 17.2 Å². The summed E-state index contributed by atoms with van der Waals surface area (Å²) in [4.78, 5) is 26.5. The van der Waals surface area contributed by atoms with E-state index in [1.807, 2.05) is 0 Å². The van der Waals surface area contributed by atoms with Gasteiger partial charge in [0.15, 0.2) is 17.4 Å². The lowest BCUT2D eigenvalue weighted by Gasteiger charge is -2.31. The van der Waals surface area contributed by atoms with E-state index in [0.717, 1.165) is 18.6 Å². The summed E-state index contributed by atoms with van der Waals surface area (Å²) < 4.78 is 42.0. The first-order valence-electron chi connectivity index (χ1n) is 10.9. The maximum Gasteiger partial charge on any atom is 0.257 e. The molecule has 0 spiro atoms. The van der Waals surface area contributed by atoms with Gasteiger partial charge < -0.3 is 24.8 Å². The van der Waals surface area contributed by atoms with Gasteiger partial charge in [-0.3, -0.25) is 14.3 Å². The molecule has 1 fully saturated rings. The minimum atomic E-state index is -0.940. The van der Waals surface area contributed by atoms with Gasteiger partial charge >= 0.3 is 0 Å². The summed E-state index contributed by atoms with van der Waals surface area (Å²) in [5, 5.41) is 16.0. The predicted octanol–water partition coefficient (Wildman–Crippen LogP) is 3.35. The van der Waals surface area contributed by atoms with Gasteiger partial charge in [0.1, 0.15) is 23.4 Å². The molecular formula is C24H24F2N4O5. The molecule has 9 nitrogen and oxygen atoms in total. The average Bonchev–Trinajstić information content (AvgIpc) is 3.18. The molecule has 0 bridgehead atoms. The number of likely N-dealkylation sites (tertiary alicyclic amines) is 1. The van der Waals surface area contributed by atoms with E-state index in [0.29, 0.717) is 18.9 Å². The van der Waals surface area contributed by atoms with Gasteiger partial charge in [-0.05, 0) is 31.5 Å². The van der Waals surface area contributed by atoms with Gasteiger partial charge in [0, 0.05) is 50.1 Å². The number of nitrogens with zero attached hydrogens (tertiary/aromatic N) is 3. The van der Waals surface area contributed by atoms with Crippen LogP contribution in [0.3, 0.4) is 0 Å². The maximum absolute atomic E-state index is 14.8. The van der Waals surface area contributed by atoms with Crippen molar-refractivity contribution in [2.45, 2.75) is 19.4 Å². The van der Waals surface area contributed by atoms with Gasteiger partial charge in [-0.2, -0.15) is 5.10 Å². The van der Waals surface area contributed by atoms with Crippen molar-refractivity contribution >= 4 is 17.6 Å². The molecule has 1 aromatic heterocycles. The third kappa shape index (κ3) is 5.57. The first-order chi connectivity index (χ1) is 16.7. The number of rotatable bonds is 8. The molecule has 0 radical (unpaired) electrons. The monoisotopic (exact) mass is 486 g/mol. The Labute approximate surface area is 199 Å². The van der Waals surface area contributed by atoms with E-state index in [-0.39, 0.29) is 29.2 Å². The minimum absolute atomic E-state index is 0.0149. The fraction of sp³-hybridized carbons (Fsp3) is 0.292. The summed E-state index contributed by atoms with van der Waals surface area (Å²) in [6.07, 6.45) is 1.87. The molecule has 184 valence electrons. The summed E-state index contributed by atoms with van der Waals surface area (Å²) in [6, 6.07) is 7.31. The number of aliphatic hydroxyl groups excluding tert-OH is 1. The molecule has 3 aromatic rings. The van der Waals surface area contributed by atoms with Gasteiger partial charge in [0.25, 0.3) is 11.8 Å². The number of aliphatic hydroxyl groups is 1. The highest BCUT2D eigenvalue weighted by molar-refractivity contribution is 6.04. The second-order valence-electron chi connectivity index (χ2n) is 8.14. The highest BCUT2D eigenvalue weighted by atomic mass is 19.1. The molecule has 0 saturated carbocycles. The molecule has 35 heavy (non-hydrogen) atoms. The summed E-state index contributed by atoms with van der Waals surface area (Å²) in [5.74, 6) is -2.99. The lowest BCUT2D eigenvalue weighted by molar-refractivity contribution is 0.0646. The van der Waals surface area contributed by atoms with E-state index >= 15 is 0 Å². The molecule has 2 aromatic carbocycles. The van der Waals surface area contributed by atoms with Gasteiger partial charge in [-0.1, -0.05) is 0 Å². The van der Waals surface area contributed by atoms with Gasteiger partial charge in [-0.15, -0.1) is 0 Å². The minimum Gasteiger partial charge on any atom is -0.488 e. The number of aromatic nitrogens is 2. The van der Waals surface area contributed by atoms with Crippen LogP contribution in [0.1, 0.15) is 34.1 Å². The number of carbonyl (C=O) groups excluding carboxylic acids is 2. The third-order valence-corrected chi connectivity index (χ3v) is 5.31. The van der Waals surface area contributed by atoms with Crippen LogP contribution in [0, 0.1) is 11.6 Å². The van der Waals surface area contributed by atoms with Crippen LogP contribution in [-0.4, -0.2) is 57.4 Å². The number of benzene rings is 2. The van der Waals surface area contributed by atoms with Gasteiger partial charge in [0.2, 0.25) is 0 Å².